The van der Waals surface area contributed by atoms with Crippen molar-refractivity contribution in [3.8, 4) is 0 Å². The molecule has 3 heteroatoms. The minimum Gasteiger partial charge on any atom is -0.274 e. The number of carbonyl (C=O) groups is 2. The number of amides is 2. The number of rotatable bonds is 1. The lowest BCUT2D eigenvalue weighted by molar-refractivity contribution is -0.128. The number of hydrogen-bond acceptors (Lipinski definition) is 2. The van der Waals surface area contributed by atoms with Gasteiger partial charge in [0.1, 0.15) is 0 Å². The van der Waals surface area contributed by atoms with E-state index in [2.05, 4.69) is 24.3 Å². The van der Waals surface area contributed by atoms with Crippen molar-refractivity contribution in [1.82, 2.24) is 0 Å². The van der Waals surface area contributed by atoms with Gasteiger partial charge in [-0.15, -0.1) is 0 Å². The molecule has 1 heterocycles. The summed E-state index contributed by atoms with van der Waals surface area (Å²) in [7, 11) is 0. The topological polar surface area (TPSA) is 37.4 Å². The summed E-state index contributed by atoms with van der Waals surface area (Å²) in [5, 5.41) is 0. The van der Waals surface area contributed by atoms with E-state index in [0.29, 0.717) is 5.69 Å². The van der Waals surface area contributed by atoms with Crippen LogP contribution in [-0.4, -0.2) is 11.8 Å². The summed E-state index contributed by atoms with van der Waals surface area (Å²) in [5.41, 5.74) is 4.69. The second-order valence-electron chi connectivity index (χ2n) is 8.24. The molecule has 0 radical (unpaired) electrons. The molecule has 2 atom stereocenters. The highest BCUT2D eigenvalue weighted by atomic mass is 16.2. The summed E-state index contributed by atoms with van der Waals surface area (Å²) < 4.78 is 0. The Morgan fingerprint density at radius 1 is 0.714 bits per heavy atom. The molecule has 0 spiro atoms. The largest absolute Gasteiger partial charge is 0.274 e. The molecule has 0 unspecified atom stereocenters. The Bertz CT molecular complexity index is 1100. The van der Waals surface area contributed by atoms with Gasteiger partial charge in [-0.05, 0) is 41.3 Å². The van der Waals surface area contributed by atoms with Crippen LogP contribution in [0.15, 0.2) is 78.9 Å². The summed E-state index contributed by atoms with van der Waals surface area (Å²) in [4.78, 5) is 28.9. The predicted octanol–water partition coefficient (Wildman–Crippen LogP) is 4.47. The number of imide groups is 1. The average Bonchev–Trinajstić information content (AvgIpc) is 2.95. The molecule has 136 valence electrons. The summed E-state index contributed by atoms with van der Waals surface area (Å²) in [6.45, 7) is 2.00. The molecule has 0 N–H and O–H groups in total. The van der Waals surface area contributed by atoms with E-state index < -0.39 is 5.41 Å². The minimum absolute atomic E-state index is 0.0716. The van der Waals surface area contributed by atoms with E-state index in [4.69, 9.17) is 0 Å². The Morgan fingerprint density at radius 3 is 1.79 bits per heavy atom. The van der Waals surface area contributed by atoms with E-state index in [9.17, 15) is 9.59 Å². The van der Waals surface area contributed by atoms with Crippen molar-refractivity contribution < 1.29 is 9.59 Å². The molecule has 1 fully saturated rings. The zero-order valence-corrected chi connectivity index (χ0v) is 15.5. The van der Waals surface area contributed by atoms with Crippen LogP contribution in [0, 0.1) is 11.3 Å². The fourth-order valence-electron chi connectivity index (χ4n) is 5.94. The van der Waals surface area contributed by atoms with Crippen molar-refractivity contribution in [2.45, 2.75) is 18.8 Å². The summed E-state index contributed by atoms with van der Waals surface area (Å²) in [6, 6.07) is 26.0. The lowest BCUT2D eigenvalue weighted by Crippen LogP contribution is -2.49. The first-order valence-corrected chi connectivity index (χ1v) is 9.75. The quantitative estimate of drug-likeness (QED) is 0.597. The van der Waals surface area contributed by atoms with Gasteiger partial charge in [0.05, 0.1) is 17.0 Å². The van der Waals surface area contributed by atoms with Crippen LogP contribution < -0.4 is 4.90 Å². The van der Waals surface area contributed by atoms with E-state index >= 15 is 0 Å². The number of para-hydroxylation sites is 1. The van der Waals surface area contributed by atoms with Gasteiger partial charge in [-0.3, -0.25) is 9.59 Å². The number of carbonyl (C=O) groups excluding carboxylic acids is 2. The van der Waals surface area contributed by atoms with Crippen molar-refractivity contribution in [3.05, 3.63) is 101 Å². The molecule has 3 aromatic carbocycles. The smallest absolute Gasteiger partial charge is 0.241 e. The van der Waals surface area contributed by atoms with Crippen molar-refractivity contribution in [2.24, 2.45) is 11.3 Å². The molecule has 1 aliphatic heterocycles. The molecule has 2 bridgehead atoms. The fourth-order valence-corrected chi connectivity index (χ4v) is 5.94. The Hall–Kier alpha value is -3.20. The summed E-state index contributed by atoms with van der Waals surface area (Å²) >= 11 is 0. The fraction of sp³-hybridized carbons (Fsp3) is 0.200. The third-order valence-electron chi connectivity index (χ3n) is 7.03. The molecule has 4 aliphatic rings. The van der Waals surface area contributed by atoms with Crippen LogP contribution in [0.4, 0.5) is 5.69 Å². The van der Waals surface area contributed by atoms with E-state index in [1.807, 2.05) is 61.5 Å². The summed E-state index contributed by atoms with van der Waals surface area (Å²) in [6.07, 6.45) is 0. The van der Waals surface area contributed by atoms with E-state index in [-0.39, 0.29) is 29.6 Å². The van der Waals surface area contributed by atoms with Crippen molar-refractivity contribution in [3.63, 3.8) is 0 Å². The van der Waals surface area contributed by atoms with Crippen LogP contribution in [-0.2, 0) is 9.59 Å². The highest BCUT2D eigenvalue weighted by Gasteiger charge is 2.68. The lowest BCUT2D eigenvalue weighted by Gasteiger charge is -2.51. The highest BCUT2D eigenvalue weighted by Crippen LogP contribution is 2.67. The zero-order valence-electron chi connectivity index (χ0n) is 15.5. The lowest BCUT2D eigenvalue weighted by atomic mass is 9.48. The second-order valence-corrected chi connectivity index (χ2v) is 8.24. The standard InChI is InChI=1S/C25H19NO2/c1-25-21-18-13-7-5-11-16(18)20(17-12-6-8-14-19(17)21)22(25)23(27)26(24(25)28)15-9-3-2-4-10-15/h2-14,20-22H,1H3/t20?,21?,22-,25+/m0/s1. The van der Waals surface area contributed by atoms with Crippen LogP contribution in [0.5, 0.6) is 0 Å². The Kier molecular flexibility index (Phi) is 2.94. The number of anilines is 1. The monoisotopic (exact) mass is 365 g/mol. The van der Waals surface area contributed by atoms with Gasteiger partial charge < -0.3 is 0 Å². The number of benzene rings is 3. The maximum Gasteiger partial charge on any atom is 0.241 e. The van der Waals surface area contributed by atoms with Crippen molar-refractivity contribution in [1.29, 1.82) is 0 Å². The molecular weight excluding hydrogens is 346 g/mol. The van der Waals surface area contributed by atoms with E-state index in [1.54, 1.807) is 0 Å². The first-order valence-electron chi connectivity index (χ1n) is 9.75. The molecule has 7 rings (SSSR count). The van der Waals surface area contributed by atoms with Crippen molar-refractivity contribution >= 4 is 17.5 Å². The molecule has 2 amide bonds. The molecule has 1 saturated heterocycles. The third kappa shape index (κ3) is 1.66. The SMILES string of the molecule is C[C@]12C(=O)N(c3ccccc3)C(=O)[C@@H]1C1c3ccccc3C2c2ccccc21. The molecule has 3 nitrogen and oxygen atoms in total. The van der Waals surface area contributed by atoms with Crippen LogP contribution in [0.3, 0.4) is 0 Å². The number of nitrogens with zero attached hydrogens (tertiary/aromatic N) is 1. The van der Waals surface area contributed by atoms with E-state index in [0.717, 1.165) is 0 Å². The van der Waals surface area contributed by atoms with Gasteiger partial charge in [0.15, 0.2) is 0 Å². The Balaban J connectivity index is 1.64. The van der Waals surface area contributed by atoms with Gasteiger partial charge in [-0.1, -0.05) is 66.7 Å². The molecule has 3 aromatic rings. The van der Waals surface area contributed by atoms with E-state index in [1.165, 1.54) is 27.2 Å². The number of hydrogen-bond donors (Lipinski definition) is 0. The maximum atomic E-state index is 13.8. The molecule has 0 saturated carbocycles. The van der Waals surface area contributed by atoms with Gasteiger partial charge in [0.25, 0.3) is 0 Å². The van der Waals surface area contributed by atoms with Crippen LogP contribution in [0.25, 0.3) is 0 Å². The average molecular weight is 365 g/mol. The highest BCUT2D eigenvalue weighted by molar-refractivity contribution is 6.25. The molecule has 0 aromatic heterocycles. The normalized spacial score (nSPS) is 29.5. The van der Waals surface area contributed by atoms with Crippen LogP contribution >= 0.6 is 0 Å². The second kappa shape index (κ2) is 5.20. The summed E-state index contributed by atoms with van der Waals surface area (Å²) in [5.74, 6) is -0.687. The molecular formula is C25H19NO2. The Morgan fingerprint density at radius 2 is 1.21 bits per heavy atom. The van der Waals surface area contributed by atoms with Crippen LogP contribution in [0.2, 0.25) is 0 Å². The van der Waals surface area contributed by atoms with Gasteiger partial charge in [0.2, 0.25) is 11.8 Å². The predicted molar refractivity (Wildman–Crippen MR) is 107 cm³/mol. The first-order chi connectivity index (χ1) is 13.6. The minimum atomic E-state index is -0.764. The first kappa shape index (κ1) is 15.8. The van der Waals surface area contributed by atoms with Gasteiger partial charge in [-0.2, -0.15) is 0 Å². The molecule has 28 heavy (non-hydrogen) atoms. The van der Waals surface area contributed by atoms with Crippen molar-refractivity contribution in [2.75, 3.05) is 4.90 Å². The van der Waals surface area contributed by atoms with Crippen LogP contribution in [0.1, 0.15) is 41.0 Å². The van der Waals surface area contributed by atoms with Gasteiger partial charge >= 0.3 is 0 Å². The third-order valence-corrected chi connectivity index (χ3v) is 7.03. The maximum absolute atomic E-state index is 13.8. The Labute approximate surface area is 163 Å². The zero-order chi connectivity index (χ0) is 19.0. The van der Waals surface area contributed by atoms with Gasteiger partial charge in [-0.25, -0.2) is 4.90 Å². The molecule has 3 aliphatic carbocycles. The van der Waals surface area contributed by atoms with Gasteiger partial charge in [0, 0.05) is 11.8 Å².